The number of aliphatic hydroxyl groups is 1. The van der Waals surface area contributed by atoms with Gasteiger partial charge in [0, 0.05) is 0 Å². The number of methoxy groups -OCH3 is 1. The molecule has 3 aromatic rings. The quantitative estimate of drug-likeness (QED) is 0.468. The number of aromatic nitrogens is 1. The molecule has 0 saturated carbocycles. The van der Waals surface area contributed by atoms with Crippen LogP contribution in [0.5, 0.6) is 0 Å². The second-order valence-electron chi connectivity index (χ2n) is 6.50. The number of nitrogens with zero attached hydrogens (tertiary/aromatic N) is 2. The molecule has 1 aliphatic rings. The zero-order valence-corrected chi connectivity index (χ0v) is 17.8. The Kier molecular flexibility index (Phi) is 5.04. The van der Waals surface area contributed by atoms with E-state index in [4.69, 9.17) is 9.15 Å². The lowest BCUT2D eigenvalue weighted by Crippen LogP contribution is -2.30. The number of carbonyl (C=O) groups is 3. The van der Waals surface area contributed by atoms with E-state index in [0.717, 1.165) is 11.3 Å². The molecule has 0 aliphatic carbocycles. The summed E-state index contributed by atoms with van der Waals surface area (Å²) < 4.78 is 10.5. The lowest BCUT2D eigenvalue weighted by Gasteiger charge is -2.22. The number of ketones is 1. The number of esters is 1. The Morgan fingerprint density at radius 2 is 2.03 bits per heavy atom. The molecule has 154 valence electrons. The molecule has 0 saturated heterocycles. The minimum absolute atomic E-state index is 0.0933. The Labute approximate surface area is 179 Å². The van der Waals surface area contributed by atoms with E-state index in [9.17, 15) is 19.5 Å². The van der Waals surface area contributed by atoms with Crippen molar-refractivity contribution in [3.05, 3.63) is 67.9 Å². The van der Waals surface area contributed by atoms with Gasteiger partial charge < -0.3 is 14.3 Å². The Hall–Kier alpha value is -3.24. The molecule has 1 amide bonds. The molecular formula is C20H16N2O6S2. The molecule has 0 bridgehead atoms. The summed E-state index contributed by atoms with van der Waals surface area (Å²) in [5.41, 5.74) is 0.283. The van der Waals surface area contributed by atoms with Gasteiger partial charge in [-0.3, -0.25) is 14.5 Å². The van der Waals surface area contributed by atoms with Crippen LogP contribution in [-0.2, 0) is 9.53 Å². The van der Waals surface area contributed by atoms with Gasteiger partial charge in [0.15, 0.2) is 10.9 Å². The number of rotatable bonds is 5. The van der Waals surface area contributed by atoms with E-state index in [-0.39, 0.29) is 15.6 Å². The van der Waals surface area contributed by atoms with Crippen LogP contribution in [0.4, 0.5) is 5.13 Å². The maximum absolute atomic E-state index is 13.1. The Bertz CT molecular complexity index is 1190. The highest BCUT2D eigenvalue weighted by atomic mass is 32.1. The van der Waals surface area contributed by atoms with Crippen molar-refractivity contribution >= 4 is 45.5 Å². The number of thiophene rings is 1. The lowest BCUT2D eigenvalue weighted by atomic mass is 10.0. The van der Waals surface area contributed by atoms with E-state index < -0.39 is 29.5 Å². The molecule has 8 nitrogen and oxygen atoms in total. The first kappa shape index (κ1) is 20.0. The number of carbonyl (C=O) groups excluding carboxylic acids is 3. The van der Waals surface area contributed by atoms with Crippen LogP contribution in [0.3, 0.4) is 0 Å². The van der Waals surface area contributed by atoms with Crippen molar-refractivity contribution in [2.45, 2.75) is 19.9 Å². The van der Waals surface area contributed by atoms with E-state index >= 15 is 0 Å². The lowest BCUT2D eigenvalue weighted by molar-refractivity contribution is -0.117. The van der Waals surface area contributed by atoms with Gasteiger partial charge in [0.05, 0.1) is 23.3 Å². The number of amides is 1. The smallest absolute Gasteiger partial charge is 0.350 e. The highest BCUT2D eigenvalue weighted by Crippen LogP contribution is 2.44. The van der Waals surface area contributed by atoms with E-state index in [0.29, 0.717) is 22.1 Å². The first-order valence-electron chi connectivity index (χ1n) is 8.80. The molecule has 3 aromatic heterocycles. The predicted octanol–water partition coefficient (Wildman–Crippen LogP) is 3.98. The summed E-state index contributed by atoms with van der Waals surface area (Å²) in [6, 6.07) is 5.66. The molecule has 0 fully saturated rings. The number of thiazole rings is 1. The zero-order chi connectivity index (χ0) is 21.6. The Morgan fingerprint density at radius 1 is 1.27 bits per heavy atom. The van der Waals surface area contributed by atoms with Crippen molar-refractivity contribution in [2.75, 3.05) is 12.0 Å². The molecule has 4 heterocycles. The number of hydrogen-bond donors (Lipinski definition) is 1. The van der Waals surface area contributed by atoms with Gasteiger partial charge in [0.25, 0.3) is 5.91 Å². The second kappa shape index (κ2) is 7.54. The summed E-state index contributed by atoms with van der Waals surface area (Å²) in [6.45, 7) is 3.35. The van der Waals surface area contributed by atoms with Crippen molar-refractivity contribution in [3.63, 3.8) is 0 Å². The van der Waals surface area contributed by atoms with E-state index in [1.54, 1.807) is 43.5 Å². The number of anilines is 1. The molecule has 0 aromatic carbocycles. The summed E-state index contributed by atoms with van der Waals surface area (Å²) in [7, 11) is 1.25. The Morgan fingerprint density at radius 3 is 2.63 bits per heavy atom. The molecule has 10 heteroatoms. The SMILES string of the molecule is COC(=O)c1sc(N2C(=O)C(O)=C(C(=O)c3cccs3)[C@H]2c2ccc(C)o2)nc1C. The topological polar surface area (TPSA) is 110 Å². The first-order valence-corrected chi connectivity index (χ1v) is 10.5. The van der Waals surface area contributed by atoms with Gasteiger partial charge in [-0.25, -0.2) is 9.78 Å². The normalized spacial score (nSPS) is 16.4. The first-order chi connectivity index (χ1) is 14.3. The van der Waals surface area contributed by atoms with Gasteiger partial charge in [-0.2, -0.15) is 0 Å². The summed E-state index contributed by atoms with van der Waals surface area (Å²) in [4.78, 5) is 44.3. The summed E-state index contributed by atoms with van der Waals surface area (Å²) in [6.07, 6.45) is 0. The highest BCUT2D eigenvalue weighted by Gasteiger charge is 2.47. The summed E-state index contributed by atoms with van der Waals surface area (Å²) in [5, 5.41) is 12.5. The fraction of sp³-hybridized carbons (Fsp3) is 0.200. The van der Waals surface area contributed by atoms with Crippen LogP contribution < -0.4 is 4.90 Å². The van der Waals surface area contributed by atoms with Crippen molar-refractivity contribution < 1.29 is 28.6 Å². The fourth-order valence-corrected chi connectivity index (χ4v) is 4.90. The molecule has 1 atom stereocenters. The Balaban J connectivity index is 1.86. The van der Waals surface area contributed by atoms with Crippen LogP contribution >= 0.6 is 22.7 Å². The number of furan rings is 1. The maximum Gasteiger partial charge on any atom is 0.350 e. The molecule has 0 spiro atoms. The summed E-state index contributed by atoms with van der Waals surface area (Å²) >= 11 is 2.15. The fourth-order valence-electron chi connectivity index (χ4n) is 3.21. The third kappa shape index (κ3) is 3.14. The van der Waals surface area contributed by atoms with Crippen LogP contribution in [0, 0.1) is 13.8 Å². The number of Topliss-reactive ketones (excluding diaryl/α,β-unsaturated/α-hetero) is 1. The zero-order valence-electron chi connectivity index (χ0n) is 16.2. The molecule has 4 rings (SSSR count). The third-order valence-electron chi connectivity index (χ3n) is 4.59. The monoisotopic (exact) mass is 444 g/mol. The predicted molar refractivity (Wildman–Crippen MR) is 110 cm³/mol. The second-order valence-corrected chi connectivity index (χ2v) is 8.42. The number of aryl methyl sites for hydroxylation is 2. The van der Waals surface area contributed by atoms with Gasteiger partial charge in [-0.15, -0.1) is 11.3 Å². The molecule has 1 aliphatic heterocycles. The molecule has 1 N–H and O–H groups in total. The van der Waals surface area contributed by atoms with Crippen molar-refractivity contribution in [1.29, 1.82) is 0 Å². The van der Waals surface area contributed by atoms with Gasteiger partial charge in [0.2, 0.25) is 5.78 Å². The largest absolute Gasteiger partial charge is 0.503 e. The maximum atomic E-state index is 13.1. The van der Waals surface area contributed by atoms with Crippen LogP contribution in [0.1, 0.15) is 42.6 Å². The van der Waals surface area contributed by atoms with Gasteiger partial charge in [-0.05, 0) is 37.4 Å². The van der Waals surface area contributed by atoms with E-state index in [2.05, 4.69) is 4.98 Å². The highest BCUT2D eigenvalue weighted by molar-refractivity contribution is 7.17. The summed E-state index contributed by atoms with van der Waals surface area (Å²) in [5.74, 6) is -1.63. The molecule has 30 heavy (non-hydrogen) atoms. The van der Waals surface area contributed by atoms with Gasteiger partial charge >= 0.3 is 5.97 Å². The van der Waals surface area contributed by atoms with Gasteiger partial charge in [0.1, 0.15) is 22.4 Å². The minimum atomic E-state index is -1.02. The van der Waals surface area contributed by atoms with Crippen molar-refractivity contribution in [2.24, 2.45) is 0 Å². The van der Waals surface area contributed by atoms with E-state index in [1.165, 1.54) is 23.3 Å². The van der Waals surface area contributed by atoms with Crippen LogP contribution in [0.2, 0.25) is 0 Å². The average Bonchev–Trinajstić information content (AvgIpc) is 3.49. The number of ether oxygens (including phenoxy) is 1. The van der Waals surface area contributed by atoms with E-state index in [1.807, 2.05) is 0 Å². The third-order valence-corrected chi connectivity index (χ3v) is 6.60. The standard InChI is InChI=1S/C20H16N2O6S2/c1-9-6-7-11(28-9)14-13(15(23)12-5-4-8-29-12)16(24)18(25)22(14)20-21-10(2)17(30-20)19(26)27-3/h4-8,14,24H,1-3H3/t14-/m1/s1. The van der Waals surface area contributed by atoms with Crippen LogP contribution in [0.25, 0.3) is 0 Å². The van der Waals surface area contributed by atoms with Crippen LogP contribution in [0.15, 0.2) is 45.4 Å². The minimum Gasteiger partial charge on any atom is -0.503 e. The molecule has 0 unspecified atom stereocenters. The number of hydrogen-bond acceptors (Lipinski definition) is 9. The molecule has 0 radical (unpaired) electrons. The van der Waals surface area contributed by atoms with Crippen LogP contribution in [-0.4, -0.2) is 34.9 Å². The van der Waals surface area contributed by atoms with Crippen molar-refractivity contribution in [3.8, 4) is 0 Å². The van der Waals surface area contributed by atoms with Gasteiger partial charge in [-0.1, -0.05) is 17.4 Å². The van der Waals surface area contributed by atoms with Crippen molar-refractivity contribution in [1.82, 2.24) is 4.98 Å². The molecular weight excluding hydrogens is 428 g/mol. The number of aliphatic hydroxyl groups excluding tert-OH is 1. The average molecular weight is 444 g/mol.